The zero-order valence-electron chi connectivity index (χ0n) is 14.2. The Kier molecular flexibility index (Phi) is 4.26. The van der Waals surface area contributed by atoms with Crippen LogP contribution >= 0.6 is 0 Å². The molecule has 0 aliphatic rings. The summed E-state index contributed by atoms with van der Waals surface area (Å²) in [5.41, 5.74) is 1.80. The minimum atomic E-state index is -0.958. The number of H-pyrrole nitrogens is 1. The van der Waals surface area contributed by atoms with E-state index in [-0.39, 0.29) is 17.0 Å². The number of halogens is 2. The van der Waals surface area contributed by atoms with Crippen LogP contribution in [0.15, 0.2) is 54.7 Å². The number of nitrogens with zero attached hydrogens (tertiary/aromatic N) is 3. The van der Waals surface area contributed by atoms with Crippen molar-refractivity contribution in [2.45, 2.75) is 0 Å². The lowest BCUT2D eigenvalue weighted by Gasteiger charge is -2.06. The third kappa shape index (κ3) is 3.05. The van der Waals surface area contributed by atoms with Crippen molar-refractivity contribution in [3.63, 3.8) is 0 Å². The first-order valence-electron chi connectivity index (χ1n) is 8.17. The van der Waals surface area contributed by atoms with Gasteiger partial charge in [0, 0.05) is 10.9 Å². The van der Waals surface area contributed by atoms with E-state index in [4.69, 9.17) is 5.26 Å². The van der Waals surface area contributed by atoms with E-state index in [0.717, 1.165) is 6.07 Å². The molecule has 28 heavy (non-hydrogen) atoms. The number of benzene rings is 2. The van der Waals surface area contributed by atoms with Crippen LogP contribution in [0.25, 0.3) is 22.0 Å². The largest absolute Gasteiger partial charge is 0.319 e. The topological polar surface area (TPSA) is 94.5 Å². The minimum Gasteiger partial charge on any atom is -0.319 e. The van der Waals surface area contributed by atoms with Crippen molar-refractivity contribution in [3.05, 3.63) is 77.8 Å². The van der Waals surface area contributed by atoms with E-state index < -0.39 is 17.5 Å². The van der Waals surface area contributed by atoms with Crippen LogP contribution in [-0.4, -0.2) is 21.1 Å². The summed E-state index contributed by atoms with van der Waals surface area (Å²) in [5, 5.41) is 18.6. The SMILES string of the molecule is N#Cc1ccc(NC(=O)c2n[nH]c3ccc(-c4cccc(F)c4F)cc23)cn1. The molecule has 2 heterocycles. The molecule has 2 aromatic heterocycles. The van der Waals surface area contributed by atoms with Crippen molar-refractivity contribution in [3.8, 4) is 17.2 Å². The van der Waals surface area contributed by atoms with Crippen molar-refractivity contribution in [2.75, 3.05) is 5.32 Å². The quantitative estimate of drug-likeness (QED) is 0.565. The summed E-state index contributed by atoms with van der Waals surface area (Å²) in [6.07, 6.45) is 1.36. The van der Waals surface area contributed by atoms with Gasteiger partial charge in [0.15, 0.2) is 17.3 Å². The number of hydrogen-bond acceptors (Lipinski definition) is 4. The Labute approximate surface area is 157 Å². The second-order valence-electron chi connectivity index (χ2n) is 5.93. The van der Waals surface area contributed by atoms with Crippen molar-refractivity contribution < 1.29 is 13.6 Å². The van der Waals surface area contributed by atoms with Crippen molar-refractivity contribution in [2.24, 2.45) is 0 Å². The maximum Gasteiger partial charge on any atom is 0.276 e. The van der Waals surface area contributed by atoms with Gasteiger partial charge in [-0.1, -0.05) is 18.2 Å². The number of aromatic amines is 1. The monoisotopic (exact) mass is 375 g/mol. The Bertz CT molecular complexity index is 1240. The second-order valence-corrected chi connectivity index (χ2v) is 5.93. The van der Waals surface area contributed by atoms with Crippen LogP contribution in [0.5, 0.6) is 0 Å². The molecule has 0 bridgehead atoms. The van der Waals surface area contributed by atoms with Crippen molar-refractivity contribution >= 4 is 22.5 Å². The van der Waals surface area contributed by atoms with E-state index >= 15 is 0 Å². The standard InChI is InChI=1S/C20H11F2N5O/c21-16-3-1-2-14(18(16)22)11-4-7-17-15(8-11)19(27-26-17)20(28)25-13-6-5-12(9-23)24-10-13/h1-8,10H,(H,25,28)(H,26,27). The Morgan fingerprint density at radius 3 is 2.75 bits per heavy atom. The van der Waals surface area contributed by atoms with E-state index in [0.29, 0.717) is 22.2 Å². The predicted molar refractivity (Wildman–Crippen MR) is 98.4 cm³/mol. The summed E-state index contributed by atoms with van der Waals surface area (Å²) < 4.78 is 27.7. The van der Waals surface area contributed by atoms with Gasteiger partial charge >= 0.3 is 0 Å². The van der Waals surface area contributed by atoms with Crippen LogP contribution in [0.3, 0.4) is 0 Å². The lowest BCUT2D eigenvalue weighted by atomic mass is 10.0. The molecule has 0 aliphatic heterocycles. The number of carbonyl (C=O) groups is 1. The van der Waals surface area contributed by atoms with Gasteiger partial charge in [0.05, 0.1) is 17.4 Å². The number of anilines is 1. The van der Waals surface area contributed by atoms with Gasteiger partial charge in [0.2, 0.25) is 0 Å². The van der Waals surface area contributed by atoms with Crippen LogP contribution in [0.1, 0.15) is 16.2 Å². The normalized spacial score (nSPS) is 10.6. The molecule has 0 unspecified atom stereocenters. The van der Waals surface area contributed by atoms with Crippen LogP contribution in [0.4, 0.5) is 14.5 Å². The summed E-state index contributed by atoms with van der Waals surface area (Å²) in [6.45, 7) is 0. The molecule has 6 nitrogen and oxygen atoms in total. The van der Waals surface area contributed by atoms with Gasteiger partial charge in [-0.15, -0.1) is 0 Å². The molecule has 0 radical (unpaired) electrons. The number of nitrogens with one attached hydrogen (secondary N) is 2. The van der Waals surface area contributed by atoms with E-state index in [1.807, 2.05) is 6.07 Å². The van der Waals surface area contributed by atoms with Crippen LogP contribution in [0, 0.1) is 23.0 Å². The highest BCUT2D eigenvalue weighted by Gasteiger charge is 2.17. The highest BCUT2D eigenvalue weighted by Crippen LogP contribution is 2.28. The molecule has 2 aromatic carbocycles. The molecule has 0 saturated heterocycles. The first kappa shape index (κ1) is 17.3. The van der Waals surface area contributed by atoms with E-state index in [1.54, 1.807) is 24.3 Å². The zero-order valence-corrected chi connectivity index (χ0v) is 14.2. The van der Waals surface area contributed by atoms with Gasteiger partial charge in [0.1, 0.15) is 11.8 Å². The summed E-state index contributed by atoms with van der Waals surface area (Å²) in [5.74, 6) is -2.41. The fourth-order valence-corrected chi connectivity index (χ4v) is 2.81. The molecular formula is C20H11F2N5O. The number of nitriles is 1. The van der Waals surface area contributed by atoms with E-state index in [1.165, 1.54) is 24.4 Å². The molecule has 2 N–H and O–H groups in total. The number of pyridine rings is 1. The molecule has 8 heteroatoms. The first-order chi connectivity index (χ1) is 13.6. The average Bonchev–Trinajstić information content (AvgIpc) is 3.14. The molecule has 0 aliphatic carbocycles. The van der Waals surface area contributed by atoms with Crippen LogP contribution in [-0.2, 0) is 0 Å². The van der Waals surface area contributed by atoms with E-state index in [2.05, 4.69) is 20.5 Å². The molecule has 1 amide bonds. The van der Waals surface area contributed by atoms with Gasteiger partial charge < -0.3 is 5.32 Å². The number of carbonyl (C=O) groups excluding carboxylic acids is 1. The van der Waals surface area contributed by atoms with E-state index in [9.17, 15) is 13.6 Å². The van der Waals surface area contributed by atoms with Crippen LogP contribution in [0.2, 0.25) is 0 Å². The van der Waals surface area contributed by atoms with Gasteiger partial charge in [-0.25, -0.2) is 13.8 Å². The average molecular weight is 375 g/mol. The summed E-state index contributed by atoms with van der Waals surface area (Å²) in [6, 6.07) is 13.7. The third-order valence-corrected chi connectivity index (χ3v) is 4.18. The molecule has 4 rings (SSSR count). The highest BCUT2D eigenvalue weighted by molar-refractivity contribution is 6.11. The minimum absolute atomic E-state index is 0.0887. The summed E-state index contributed by atoms with van der Waals surface area (Å²) >= 11 is 0. The van der Waals surface area contributed by atoms with Crippen LogP contribution < -0.4 is 5.32 Å². The maximum absolute atomic E-state index is 14.1. The lowest BCUT2D eigenvalue weighted by molar-refractivity contribution is 0.102. The third-order valence-electron chi connectivity index (χ3n) is 4.18. The first-order valence-corrected chi connectivity index (χ1v) is 8.17. The number of fused-ring (bicyclic) bond motifs is 1. The smallest absolute Gasteiger partial charge is 0.276 e. The molecule has 0 atom stereocenters. The Morgan fingerprint density at radius 2 is 2.00 bits per heavy atom. The number of hydrogen-bond donors (Lipinski definition) is 2. The molecule has 136 valence electrons. The molecule has 0 fully saturated rings. The Balaban J connectivity index is 1.70. The summed E-state index contributed by atoms with van der Waals surface area (Å²) in [4.78, 5) is 16.5. The Morgan fingerprint density at radius 1 is 1.14 bits per heavy atom. The van der Waals surface area contributed by atoms with Gasteiger partial charge in [-0.2, -0.15) is 10.4 Å². The number of aromatic nitrogens is 3. The summed E-state index contributed by atoms with van der Waals surface area (Å²) in [7, 11) is 0. The van der Waals surface area contributed by atoms with Gasteiger partial charge in [0.25, 0.3) is 5.91 Å². The fraction of sp³-hybridized carbons (Fsp3) is 0. The molecule has 4 aromatic rings. The molecule has 0 saturated carbocycles. The van der Waals surface area contributed by atoms with Gasteiger partial charge in [-0.05, 0) is 35.9 Å². The van der Waals surface area contributed by atoms with Crippen molar-refractivity contribution in [1.82, 2.24) is 15.2 Å². The van der Waals surface area contributed by atoms with Gasteiger partial charge in [-0.3, -0.25) is 9.89 Å². The molecular weight excluding hydrogens is 364 g/mol. The van der Waals surface area contributed by atoms with Crippen molar-refractivity contribution in [1.29, 1.82) is 5.26 Å². The second kappa shape index (κ2) is 6.89. The molecule has 0 spiro atoms. The lowest BCUT2D eigenvalue weighted by Crippen LogP contribution is -2.13. The zero-order chi connectivity index (χ0) is 19.7. The predicted octanol–water partition coefficient (Wildman–Crippen LogP) is 4.03. The highest BCUT2D eigenvalue weighted by atomic mass is 19.2. The maximum atomic E-state index is 14.1. The Hall–Kier alpha value is -4.12. The number of rotatable bonds is 3. The fourth-order valence-electron chi connectivity index (χ4n) is 2.81. The number of amides is 1.